The molecule has 2 aromatic rings. The van der Waals surface area contributed by atoms with Crippen LogP contribution in [0.2, 0.25) is 0 Å². The number of hydrogen-bond acceptors (Lipinski definition) is 4. The van der Waals surface area contributed by atoms with Gasteiger partial charge in [0, 0.05) is 17.5 Å². The molecule has 2 aliphatic heterocycles. The molecule has 0 spiro atoms. The van der Waals surface area contributed by atoms with Gasteiger partial charge in [-0.3, -0.25) is 9.48 Å². The van der Waals surface area contributed by atoms with Gasteiger partial charge in [0.1, 0.15) is 5.75 Å². The lowest BCUT2D eigenvalue weighted by atomic mass is 9.98. The molecule has 2 atom stereocenters. The van der Waals surface area contributed by atoms with E-state index in [4.69, 9.17) is 10.5 Å². The third-order valence-corrected chi connectivity index (χ3v) is 5.57. The first kappa shape index (κ1) is 14.5. The van der Waals surface area contributed by atoms with Crippen molar-refractivity contribution in [3.8, 4) is 5.75 Å². The van der Waals surface area contributed by atoms with E-state index >= 15 is 0 Å². The molecule has 2 bridgehead atoms. The Kier molecular flexibility index (Phi) is 3.30. The van der Waals surface area contributed by atoms with Crippen molar-refractivity contribution < 1.29 is 9.53 Å². The number of carbonyl (C=O) groups excluding carboxylic acids is 1. The molecular weight excluding hydrogens is 292 g/mol. The molecule has 1 amide bonds. The molecule has 1 aromatic heterocycles. The fraction of sp³-hybridized carbons (Fsp3) is 0.529. The van der Waals surface area contributed by atoms with Gasteiger partial charge in [-0.2, -0.15) is 5.10 Å². The van der Waals surface area contributed by atoms with Gasteiger partial charge in [0.05, 0.1) is 18.7 Å². The summed E-state index contributed by atoms with van der Waals surface area (Å²) in [6.45, 7) is 0. The summed E-state index contributed by atoms with van der Waals surface area (Å²) in [5.74, 6) is 0.223. The third kappa shape index (κ3) is 2.20. The van der Waals surface area contributed by atoms with E-state index in [1.54, 1.807) is 7.11 Å². The topological polar surface area (TPSA) is 73.4 Å². The van der Waals surface area contributed by atoms with E-state index in [0.29, 0.717) is 29.6 Å². The van der Waals surface area contributed by atoms with Crippen LogP contribution in [0.1, 0.15) is 42.2 Å². The molecule has 2 saturated heterocycles. The fourth-order valence-electron chi connectivity index (χ4n) is 4.29. The van der Waals surface area contributed by atoms with Gasteiger partial charge in [-0.25, -0.2) is 0 Å². The minimum absolute atomic E-state index is 0.327. The Morgan fingerprint density at radius 2 is 1.96 bits per heavy atom. The number of primary amides is 1. The zero-order chi connectivity index (χ0) is 16.1. The smallest absolute Gasteiger partial charge is 0.269 e. The molecule has 4 rings (SSSR count). The van der Waals surface area contributed by atoms with E-state index in [1.165, 1.54) is 12.8 Å². The summed E-state index contributed by atoms with van der Waals surface area (Å²) in [6.07, 6.45) is 4.67. The summed E-state index contributed by atoms with van der Waals surface area (Å²) in [4.78, 5) is 14.3. The van der Waals surface area contributed by atoms with Crippen LogP contribution in [0.15, 0.2) is 18.2 Å². The largest absolute Gasteiger partial charge is 0.497 e. The van der Waals surface area contributed by atoms with Crippen LogP contribution in [0.25, 0.3) is 10.9 Å². The number of piperidine rings is 1. The third-order valence-electron chi connectivity index (χ3n) is 5.57. The molecule has 0 saturated carbocycles. The zero-order valence-corrected chi connectivity index (χ0v) is 13.5. The second-order valence-electron chi connectivity index (χ2n) is 6.72. The highest BCUT2D eigenvalue weighted by molar-refractivity contribution is 6.04. The highest BCUT2D eigenvalue weighted by Crippen LogP contribution is 2.41. The van der Waals surface area contributed by atoms with Crippen LogP contribution in [0, 0.1) is 0 Å². The maximum atomic E-state index is 11.8. The second kappa shape index (κ2) is 5.23. The number of hydrogen-bond donors (Lipinski definition) is 1. The average molecular weight is 314 g/mol. The van der Waals surface area contributed by atoms with E-state index in [9.17, 15) is 4.79 Å². The number of nitrogens with zero attached hydrogens (tertiary/aromatic N) is 3. The number of benzene rings is 1. The lowest BCUT2D eigenvalue weighted by Gasteiger charge is -2.36. The molecule has 2 fully saturated rings. The van der Waals surface area contributed by atoms with E-state index < -0.39 is 5.91 Å². The fourth-order valence-corrected chi connectivity index (χ4v) is 4.29. The molecule has 23 heavy (non-hydrogen) atoms. The highest BCUT2D eigenvalue weighted by atomic mass is 16.5. The summed E-state index contributed by atoms with van der Waals surface area (Å²) < 4.78 is 7.30. The lowest BCUT2D eigenvalue weighted by molar-refractivity contribution is 0.0993. The second-order valence-corrected chi connectivity index (χ2v) is 6.72. The van der Waals surface area contributed by atoms with Gasteiger partial charge in [0.15, 0.2) is 5.69 Å². The Balaban J connectivity index is 1.80. The summed E-state index contributed by atoms with van der Waals surface area (Å²) in [6, 6.07) is 7.31. The summed E-state index contributed by atoms with van der Waals surface area (Å²) in [7, 11) is 3.84. The van der Waals surface area contributed by atoms with E-state index in [2.05, 4.69) is 17.0 Å². The normalized spacial score (nSPS) is 27.5. The molecule has 1 aromatic carbocycles. The van der Waals surface area contributed by atoms with Crippen molar-refractivity contribution in [2.24, 2.45) is 5.73 Å². The first-order valence-electron chi connectivity index (χ1n) is 8.16. The van der Waals surface area contributed by atoms with Gasteiger partial charge in [-0.1, -0.05) is 0 Å². The van der Waals surface area contributed by atoms with Gasteiger partial charge in [-0.05, 0) is 50.9 Å². The van der Waals surface area contributed by atoms with Crippen molar-refractivity contribution in [2.45, 2.75) is 43.8 Å². The SMILES string of the molecule is COc1ccc2c(c1)c(C(N)=O)nn2C1CC2CCC(C1)N2C. The predicted molar refractivity (Wildman–Crippen MR) is 87.6 cm³/mol. The molecule has 122 valence electrons. The molecule has 3 heterocycles. The van der Waals surface area contributed by atoms with Crippen molar-refractivity contribution in [3.05, 3.63) is 23.9 Å². The van der Waals surface area contributed by atoms with Crippen LogP contribution in [0.3, 0.4) is 0 Å². The Morgan fingerprint density at radius 3 is 2.57 bits per heavy atom. The van der Waals surface area contributed by atoms with Crippen molar-refractivity contribution >= 4 is 16.8 Å². The first-order chi connectivity index (χ1) is 11.1. The molecule has 6 nitrogen and oxygen atoms in total. The van der Waals surface area contributed by atoms with Gasteiger partial charge >= 0.3 is 0 Å². The molecule has 6 heteroatoms. The van der Waals surface area contributed by atoms with E-state index in [0.717, 1.165) is 23.7 Å². The van der Waals surface area contributed by atoms with Crippen LogP contribution in [-0.4, -0.2) is 46.8 Å². The van der Waals surface area contributed by atoms with Gasteiger partial charge < -0.3 is 15.4 Å². The van der Waals surface area contributed by atoms with Crippen LogP contribution >= 0.6 is 0 Å². The maximum absolute atomic E-state index is 11.8. The maximum Gasteiger partial charge on any atom is 0.269 e. The Bertz CT molecular complexity index is 755. The molecule has 2 aliphatic rings. The van der Waals surface area contributed by atoms with E-state index in [-0.39, 0.29) is 0 Å². The number of aromatic nitrogens is 2. The number of rotatable bonds is 3. The van der Waals surface area contributed by atoms with Crippen molar-refractivity contribution in [1.29, 1.82) is 0 Å². The number of methoxy groups -OCH3 is 1. The molecule has 2 unspecified atom stereocenters. The van der Waals surface area contributed by atoms with Gasteiger partial charge in [-0.15, -0.1) is 0 Å². The van der Waals surface area contributed by atoms with Gasteiger partial charge in [0.2, 0.25) is 0 Å². The van der Waals surface area contributed by atoms with Crippen LogP contribution in [-0.2, 0) is 0 Å². The minimum atomic E-state index is -0.488. The lowest BCUT2D eigenvalue weighted by Crippen LogP contribution is -2.40. The van der Waals surface area contributed by atoms with Crippen LogP contribution in [0.5, 0.6) is 5.75 Å². The predicted octanol–water partition coefficient (Wildman–Crippen LogP) is 1.94. The average Bonchev–Trinajstić information content (AvgIpc) is 2.99. The Hall–Kier alpha value is -2.08. The number of ether oxygens (including phenoxy) is 1. The van der Waals surface area contributed by atoms with Crippen molar-refractivity contribution in [2.75, 3.05) is 14.2 Å². The molecule has 0 aliphatic carbocycles. The quantitative estimate of drug-likeness (QED) is 0.939. The highest BCUT2D eigenvalue weighted by Gasteiger charge is 2.40. The first-order valence-corrected chi connectivity index (χ1v) is 8.16. The standard InChI is InChI=1S/C17H22N4O2/c1-20-10-3-4-11(20)8-12(7-10)21-15-6-5-13(23-2)9-14(15)16(19-21)17(18)22/h5-6,9-12H,3-4,7-8H2,1-2H3,(H2,18,22). The van der Waals surface area contributed by atoms with Crippen molar-refractivity contribution in [3.63, 3.8) is 0 Å². The summed E-state index contributed by atoms with van der Waals surface area (Å²) in [5.41, 5.74) is 6.84. The Morgan fingerprint density at radius 1 is 1.26 bits per heavy atom. The number of fused-ring (bicyclic) bond motifs is 3. The van der Waals surface area contributed by atoms with E-state index in [1.807, 2.05) is 22.9 Å². The van der Waals surface area contributed by atoms with Crippen molar-refractivity contribution in [1.82, 2.24) is 14.7 Å². The number of nitrogens with two attached hydrogens (primary N) is 1. The van der Waals surface area contributed by atoms with Crippen LogP contribution in [0.4, 0.5) is 0 Å². The number of amides is 1. The summed E-state index contributed by atoms with van der Waals surface area (Å²) in [5, 5.41) is 5.36. The molecular formula is C17H22N4O2. The monoisotopic (exact) mass is 314 g/mol. The molecule has 2 N–H and O–H groups in total. The van der Waals surface area contributed by atoms with Gasteiger partial charge in [0.25, 0.3) is 5.91 Å². The molecule has 0 radical (unpaired) electrons. The number of carbonyl (C=O) groups is 1. The summed E-state index contributed by atoms with van der Waals surface area (Å²) >= 11 is 0. The Labute approximate surface area is 135 Å². The zero-order valence-electron chi connectivity index (χ0n) is 13.5. The van der Waals surface area contributed by atoms with Crippen LogP contribution < -0.4 is 10.5 Å². The minimum Gasteiger partial charge on any atom is -0.497 e.